The van der Waals surface area contributed by atoms with Crippen molar-refractivity contribution in [2.75, 3.05) is 4.90 Å². The highest BCUT2D eigenvalue weighted by molar-refractivity contribution is 9.10. The number of Topliss-reactive ketones (excluding diaryl/α,β-unsaturated/α-hetero) is 1. The molecule has 0 saturated carbocycles. The molecule has 2 aromatic carbocycles. The van der Waals surface area contributed by atoms with E-state index >= 15 is 0 Å². The highest BCUT2D eigenvalue weighted by Crippen LogP contribution is 2.44. The van der Waals surface area contributed by atoms with Crippen molar-refractivity contribution in [1.82, 2.24) is 0 Å². The maximum absolute atomic E-state index is 13.1. The van der Waals surface area contributed by atoms with E-state index in [1.165, 1.54) is 0 Å². The maximum atomic E-state index is 13.1. The van der Waals surface area contributed by atoms with Gasteiger partial charge in [-0.1, -0.05) is 40.2 Å². The Balaban J connectivity index is 1.89. The molecule has 0 N–H and O–H groups in total. The number of nitriles is 1. The van der Waals surface area contributed by atoms with E-state index in [1.807, 2.05) is 30.3 Å². The highest BCUT2D eigenvalue weighted by Gasteiger charge is 2.40. The molecule has 0 spiro atoms. The Morgan fingerprint density at radius 3 is 2.52 bits per heavy atom. The minimum absolute atomic E-state index is 0.0703. The van der Waals surface area contributed by atoms with Crippen LogP contribution < -0.4 is 4.90 Å². The molecule has 0 bridgehead atoms. The zero-order valence-corrected chi connectivity index (χ0v) is 16.2. The van der Waals surface area contributed by atoms with E-state index in [1.54, 1.807) is 23.1 Å². The third-order valence-electron chi connectivity index (χ3n) is 5.21. The first-order chi connectivity index (χ1) is 13.1. The van der Waals surface area contributed by atoms with E-state index in [9.17, 15) is 14.9 Å². The molecule has 4 nitrogen and oxygen atoms in total. The number of allylic oxidation sites excluding steroid dienone is 2. The molecule has 1 aliphatic heterocycles. The van der Waals surface area contributed by atoms with Gasteiger partial charge in [0.2, 0.25) is 5.91 Å². The van der Waals surface area contributed by atoms with Crippen molar-refractivity contribution >= 4 is 33.3 Å². The van der Waals surface area contributed by atoms with Gasteiger partial charge in [0.15, 0.2) is 5.78 Å². The number of amides is 1. The summed E-state index contributed by atoms with van der Waals surface area (Å²) in [6.45, 7) is 0. The fourth-order valence-electron chi connectivity index (χ4n) is 4.02. The van der Waals surface area contributed by atoms with Gasteiger partial charge < -0.3 is 0 Å². The molecule has 1 amide bonds. The van der Waals surface area contributed by atoms with Gasteiger partial charge in [-0.3, -0.25) is 14.5 Å². The number of hydrogen-bond donors (Lipinski definition) is 0. The molecule has 0 aromatic heterocycles. The number of hydrogen-bond acceptors (Lipinski definition) is 3. The SMILES string of the molecule is N#Cc1ccccc1N1C(=O)CC(c2ccc(Br)cc2)C2=C1CCCC2=O. The topological polar surface area (TPSA) is 61.2 Å². The lowest BCUT2D eigenvalue weighted by Gasteiger charge is -2.38. The summed E-state index contributed by atoms with van der Waals surface area (Å²) in [5, 5.41) is 9.46. The van der Waals surface area contributed by atoms with Gasteiger partial charge >= 0.3 is 0 Å². The van der Waals surface area contributed by atoms with E-state index in [2.05, 4.69) is 22.0 Å². The molecule has 0 saturated heterocycles. The number of halogens is 1. The second-order valence-corrected chi connectivity index (χ2v) is 7.72. The average molecular weight is 421 g/mol. The lowest BCUT2D eigenvalue weighted by Crippen LogP contribution is -2.40. The summed E-state index contributed by atoms with van der Waals surface area (Å²) in [6.07, 6.45) is 2.13. The number of ketones is 1. The van der Waals surface area contributed by atoms with Crippen molar-refractivity contribution in [1.29, 1.82) is 5.26 Å². The predicted octanol–water partition coefficient (Wildman–Crippen LogP) is 4.85. The van der Waals surface area contributed by atoms with Crippen LogP contribution >= 0.6 is 15.9 Å². The van der Waals surface area contributed by atoms with Crippen molar-refractivity contribution in [2.24, 2.45) is 0 Å². The predicted molar refractivity (Wildman–Crippen MR) is 106 cm³/mol. The molecule has 1 heterocycles. The third kappa shape index (κ3) is 3.11. The Morgan fingerprint density at radius 1 is 1.04 bits per heavy atom. The summed E-state index contributed by atoms with van der Waals surface area (Å²) in [7, 11) is 0. The van der Waals surface area contributed by atoms with Crippen molar-refractivity contribution in [3.8, 4) is 6.07 Å². The molecule has 5 heteroatoms. The smallest absolute Gasteiger partial charge is 0.232 e. The van der Waals surface area contributed by atoms with Crippen LogP contribution in [-0.2, 0) is 9.59 Å². The summed E-state index contributed by atoms with van der Waals surface area (Å²) in [5.74, 6) is -0.186. The van der Waals surface area contributed by atoms with E-state index < -0.39 is 0 Å². The van der Waals surface area contributed by atoms with Gasteiger partial charge in [-0.05, 0) is 42.7 Å². The Hall–Kier alpha value is -2.71. The molecule has 1 aliphatic carbocycles. The molecule has 1 atom stereocenters. The largest absolute Gasteiger partial charge is 0.294 e. The van der Waals surface area contributed by atoms with Gasteiger partial charge in [-0.15, -0.1) is 0 Å². The molecule has 27 heavy (non-hydrogen) atoms. The maximum Gasteiger partial charge on any atom is 0.232 e. The number of carbonyl (C=O) groups is 2. The second kappa shape index (κ2) is 7.13. The first kappa shape index (κ1) is 17.7. The van der Waals surface area contributed by atoms with Crippen LogP contribution in [0.15, 0.2) is 64.3 Å². The molecular formula is C22H17BrN2O2. The first-order valence-electron chi connectivity index (χ1n) is 8.94. The fraction of sp³-hybridized carbons (Fsp3) is 0.227. The van der Waals surface area contributed by atoms with Gasteiger partial charge in [-0.2, -0.15) is 5.26 Å². The van der Waals surface area contributed by atoms with Crippen LogP contribution in [0.25, 0.3) is 0 Å². The lowest BCUT2D eigenvalue weighted by atomic mass is 9.77. The van der Waals surface area contributed by atoms with Crippen LogP contribution in [0.5, 0.6) is 0 Å². The fourth-order valence-corrected chi connectivity index (χ4v) is 4.28. The number of anilines is 1. The standard InChI is InChI=1S/C22H17BrN2O2/c23-16-10-8-14(9-11-16)17-12-21(27)25(18-5-2-1-4-15(18)13-24)19-6-3-7-20(26)22(17)19/h1-2,4-5,8-11,17H,3,6-7,12H2. The van der Waals surface area contributed by atoms with Crippen molar-refractivity contribution in [2.45, 2.75) is 31.6 Å². The van der Waals surface area contributed by atoms with Crippen LogP contribution in [0, 0.1) is 11.3 Å². The van der Waals surface area contributed by atoms with Crippen LogP contribution in [0.1, 0.15) is 42.7 Å². The van der Waals surface area contributed by atoms with Gasteiger partial charge in [-0.25, -0.2) is 0 Å². The molecule has 2 aromatic rings. The number of rotatable bonds is 2. The summed E-state index contributed by atoms with van der Waals surface area (Å²) in [6, 6.07) is 17.0. The summed E-state index contributed by atoms with van der Waals surface area (Å²) in [5.41, 5.74) is 3.48. The average Bonchev–Trinajstić information content (AvgIpc) is 2.68. The quantitative estimate of drug-likeness (QED) is 0.697. The van der Waals surface area contributed by atoms with Gasteiger partial charge in [0, 0.05) is 34.5 Å². The Kier molecular flexibility index (Phi) is 4.67. The summed E-state index contributed by atoms with van der Waals surface area (Å²) < 4.78 is 0.960. The summed E-state index contributed by atoms with van der Waals surface area (Å²) >= 11 is 3.43. The summed E-state index contributed by atoms with van der Waals surface area (Å²) in [4.78, 5) is 27.6. The van der Waals surface area contributed by atoms with Gasteiger partial charge in [0.25, 0.3) is 0 Å². The lowest BCUT2D eigenvalue weighted by molar-refractivity contribution is -0.119. The Labute approximate surface area is 166 Å². The molecule has 2 aliphatic rings. The minimum Gasteiger partial charge on any atom is -0.294 e. The third-order valence-corrected chi connectivity index (χ3v) is 5.74. The van der Waals surface area contributed by atoms with Crippen molar-refractivity contribution in [3.05, 3.63) is 75.4 Å². The van der Waals surface area contributed by atoms with Crippen LogP contribution in [0.4, 0.5) is 5.69 Å². The molecular weight excluding hydrogens is 404 g/mol. The van der Waals surface area contributed by atoms with Gasteiger partial charge in [0.05, 0.1) is 11.3 Å². The monoisotopic (exact) mass is 420 g/mol. The zero-order valence-electron chi connectivity index (χ0n) is 14.6. The number of benzene rings is 2. The van der Waals surface area contributed by atoms with Crippen molar-refractivity contribution < 1.29 is 9.59 Å². The van der Waals surface area contributed by atoms with E-state index in [4.69, 9.17) is 0 Å². The van der Waals surface area contributed by atoms with E-state index in [0.29, 0.717) is 24.1 Å². The normalized spacial score (nSPS) is 19.7. The van der Waals surface area contributed by atoms with Crippen LogP contribution in [0.3, 0.4) is 0 Å². The zero-order chi connectivity index (χ0) is 19.0. The van der Waals surface area contributed by atoms with Crippen LogP contribution in [-0.4, -0.2) is 11.7 Å². The molecule has 0 radical (unpaired) electrons. The van der Waals surface area contributed by atoms with E-state index in [0.717, 1.165) is 27.7 Å². The number of nitrogens with zero attached hydrogens (tertiary/aromatic N) is 2. The van der Waals surface area contributed by atoms with E-state index in [-0.39, 0.29) is 24.0 Å². The van der Waals surface area contributed by atoms with Crippen molar-refractivity contribution in [3.63, 3.8) is 0 Å². The highest BCUT2D eigenvalue weighted by atomic mass is 79.9. The Morgan fingerprint density at radius 2 is 1.78 bits per heavy atom. The Bertz CT molecular complexity index is 1000. The van der Waals surface area contributed by atoms with Gasteiger partial charge in [0.1, 0.15) is 6.07 Å². The first-order valence-corrected chi connectivity index (χ1v) is 9.73. The molecule has 4 rings (SSSR count). The second-order valence-electron chi connectivity index (χ2n) is 6.80. The minimum atomic E-state index is -0.223. The molecule has 0 fully saturated rings. The molecule has 134 valence electrons. The van der Waals surface area contributed by atoms with Crippen LogP contribution in [0.2, 0.25) is 0 Å². The number of para-hydroxylation sites is 1. The molecule has 1 unspecified atom stereocenters. The number of carbonyl (C=O) groups excluding carboxylic acids is 2.